The Labute approximate surface area is 214 Å². The Balaban J connectivity index is 1.83. The molecule has 188 valence electrons. The molecule has 9 heteroatoms. The predicted octanol–water partition coefficient (Wildman–Crippen LogP) is 5.84. The molecular formula is C27H27ClN2O6. The van der Waals surface area contributed by atoms with Crippen molar-refractivity contribution < 1.29 is 28.7 Å². The predicted molar refractivity (Wildman–Crippen MR) is 135 cm³/mol. The van der Waals surface area contributed by atoms with Crippen LogP contribution in [-0.4, -0.2) is 35.7 Å². The number of anilines is 1. The van der Waals surface area contributed by atoms with Crippen molar-refractivity contribution in [1.82, 2.24) is 5.16 Å². The fourth-order valence-corrected chi connectivity index (χ4v) is 4.25. The lowest BCUT2D eigenvalue weighted by molar-refractivity contribution is -0.132. The Hall–Kier alpha value is -3.78. The van der Waals surface area contributed by atoms with Gasteiger partial charge in [0.15, 0.2) is 17.3 Å². The Morgan fingerprint density at radius 1 is 1.11 bits per heavy atom. The fraction of sp³-hybridized carbons (Fsp3) is 0.296. The first kappa shape index (κ1) is 25.3. The summed E-state index contributed by atoms with van der Waals surface area (Å²) in [6.07, 6.45) is 3.04. The summed E-state index contributed by atoms with van der Waals surface area (Å²) in [5, 5.41) is 15.6. The average molecular weight is 511 g/mol. The van der Waals surface area contributed by atoms with E-state index in [2.05, 4.69) is 12.1 Å². The maximum atomic E-state index is 13.2. The first-order chi connectivity index (χ1) is 17.3. The lowest BCUT2D eigenvalue weighted by atomic mass is 9.95. The summed E-state index contributed by atoms with van der Waals surface area (Å²) in [6, 6.07) is 12.1. The molecule has 4 rings (SSSR count). The SMILES string of the molecule is CCCCCOc1ccc(C2C(=C(O)c3ccc(Cl)cc3)C(=O)C(=O)N2c2cc(C)on2)cc1OC. The van der Waals surface area contributed by atoms with Crippen molar-refractivity contribution in [1.29, 1.82) is 0 Å². The van der Waals surface area contributed by atoms with Gasteiger partial charge in [-0.2, -0.15) is 0 Å². The normalized spacial score (nSPS) is 17.0. The fourth-order valence-electron chi connectivity index (χ4n) is 4.12. The second kappa shape index (κ2) is 10.9. The molecule has 1 atom stereocenters. The van der Waals surface area contributed by atoms with E-state index < -0.39 is 17.7 Å². The zero-order chi connectivity index (χ0) is 25.8. The van der Waals surface area contributed by atoms with E-state index in [1.807, 2.05) is 0 Å². The molecule has 0 spiro atoms. The highest BCUT2D eigenvalue weighted by molar-refractivity contribution is 6.51. The summed E-state index contributed by atoms with van der Waals surface area (Å²) >= 11 is 5.99. The van der Waals surface area contributed by atoms with Crippen molar-refractivity contribution in [3.63, 3.8) is 0 Å². The van der Waals surface area contributed by atoms with Crippen molar-refractivity contribution in [2.24, 2.45) is 0 Å². The van der Waals surface area contributed by atoms with Crippen molar-refractivity contribution in [3.05, 3.63) is 76.0 Å². The number of unbranched alkanes of at least 4 members (excludes halogenated alkanes) is 2. The van der Waals surface area contributed by atoms with Gasteiger partial charge in [0.05, 0.1) is 25.3 Å². The number of aryl methyl sites for hydroxylation is 1. The Kier molecular flexibility index (Phi) is 7.64. The summed E-state index contributed by atoms with van der Waals surface area (Å²) in [5.41, 5.74) is 0.798. The maximum Gasteiger partial charge on any atom is 0.301 e. The number of aromatic nitrogens is 1. The number of aliphatic hydroxyl groups is 1. The van der Waals surface area contributed by atoms with Crippen LogP contribution in [0.5, 0.6) is 11.5 Å². The largest absolute Gasteiger partial charge is 0.507 e. The molecule has 1 aliphatic heterocycles. The molecule has 0 radical (unpaired) electrons. The number of benzene rings is 2. The summed E-state index contributed by atoms with van der Waals surface area (Å²) in [5.74, 6) is -0.377. The van der Waals surface area contributed by atoms with Crippen molar-refractivity contribution >= 4 is 34.9 Å². The number of aliphatic hydroxyl groups excluding tert-OH is 1. The molecule has 1 amide bonds. The minimum Gasteiger partial charge on any atom is -0.507 e. The molecule has 0 bridgehead atoms. The van der Waals surface area contributed by atoms with Gasteiger partial charge < -0.3 is 19.1 Å². The lowest BCUT2D eigenvalue weighted by Crippen LogP contribution is -2.29. The molecule has 1 aliphatic rings. The number of carbonyl (C=O) groups is 2. The molecule has 1 saturated heterocycles. The van der Waals surface area contributed by atoms with Gasteiger partial charge in [0, 0.05) is 16.7 Å². The zero-order valence-corrected chi connectivity index (χ0v) is 21.0. The summed E-state index contributed by atoms with van der Waals surface area (Å²) in [4.78, 5) is 27.7. The highest BCUT2D eigenvalue weighted by Crippen LogP contribution is 2.44. The van der Waals surface area contributed by atoms with E-state index in [0.29, 0.717) is 40.0 Å². The number of hydrogen-bond acceptors (Lipinski definition) is 7. The summed E-state index contributed by atoms with van der Waals surface area (Å²) in [6.45, 7) is 4.34. The number of ether oxygens (including phenoxy) is 2. The van der Waals surface area contributed by atoms with Crippen molar-refractivity contribution in [2.75, 3.05) is 18.6 Å². The highest BCUT2D eigenvalue weighted by Gasteiger charge is 2.48. The van der Waals surface area contributed by atoms with Gasteiger partial charge in [-0.1, -0.05) is 42.6 Å². The standard InChI is InChI=1S/C27H27ClN2O6/c1-4-5-6-13-35-20-12-9-18(15-21(20)34-3)24-23(25(31)17-7-10-19(28)11-8-17)26(32)27(33)30(24)22-14-16(2)36-29-22/h7-12,14-15,24,31H,4-6,13H2,1-3H3. The molecule has 8 nitrogen and oxygen atoms in total. The Morgan fingerprint density at radius 2 is 1.86 bits per heavy atom. The van der Waals surface area contributed by atoms with E-state index in [1.165, 1.54) is 12.0 Å². The summed E-state index contributed by atoms with van der Waals surface area (Å²) in [7, 11) is 1.52. The van der Waals surface area contributed by atoms with Gasteiger partial charge in [0.25, 0.3) is 5.78 Å². The second-order valence-corrected chi connectivity index (χ2v) is 8.87. The Bertz CT molecular complexity index is 1300. The molecule has 1 N–H and O–H groups in total. The van der Waals surface area contributed by atoms with Gasteiger partial charge in [-0.15, -0.1) is 0 Å². The number of carbonyl (C=O) groups excluding carboxylic acids is 2. The third-order valence-electron chi connectivity index (χ3n) is 5.93. The minimum atomic E-state index is -0.979. The molecule has 0 saturated carbocycles. The second-order valence-electron chi connectivity index (χ2n) is 8.44. The maximum absolute atomic E-state index is 13.2. The van der Waals surface area contributed by atoms with Crippen LogP contribution in [0.3, 0.4) is 0 Å². The van der Waals surface area contributed by atoms with Crippen molar-refractivity contribution in [2.45, 2.75) is 39.2 Å². The van der Waals surface area contributed by atoms with Crippen LogP contribution >= 0.6 is 11.6 Å². The Morgan fingerprint density at radius 3 is 2.50 bits per heavy atom. The molecule has 1 fully saturated rings. The topological polar surface area (TPSA) is 102 Å². The number of rotatable bonds is 9. The lowest BCUT2D eigenvalue weighted by Gasteiger charge is -2.23. The van der Waals surface area contributed by atoms with Gasteiger partial charge in [-0.05, 0) is 55.3 Å². The van der Waals surface area contributed by atoms with Gasteiger partial charge in [-0.3, -0.25) is 14.5 Å². The quantitative estimate of drug-likeness (QED) is 0.167. The highest BCUT2D eigenvalue weighted by atomic mass is 35.5. The van der Waals surface area contributed by atoms with Crippen LogP contribution in [0, 0.1) is 6.92 Å². The van der Waals surface area contributed by atoms with E-state index in [9.17, 15) is 14.7 Å². The number of hydrogen-bond donors (Lipinski definition) is 1. The van der Waals surface area contributed by atoms with E-state index in [-0.39, 0.29) is 17.2 Å². The minimum absolute atomic E-state index is 0.0818. The number of halogens is 1. The van der Waals surface area contributed by atoms with E-state index in [4.69, 9.17) is 25.6 Å². The number of amides is 1. The first-order valence-electron chi connectivity index (χ1n) is 11.7. The molecule has 36 heavy (non-hydrogen) atoms. The van der Waals surface area contributed by atoms with Crippen molar-refractivity contribution in [3.8, 4) is 11.5 Å². The van der Waals surface area contributed by atoms with E-state index in [0.717, 1.165) is 19.3 Å². The molecule has 1 unspecified atom stereocenters. The van der Waals surface area contributed by atoms with Crippen LogP contribution in [0.25, 0.3) is 5.76 Å². The third-order valence-corrected chi connectivity index (χ3v) is 6.19. The van der Waals surface area contributed by atoms with Crippen LogP contribution in [0.2, 0.25) is 5.02 Å². The van der Waals surface area contributed by atoms with Gasteiger partial charge in [0.2, 0.25) is 0 Å². The van der Waals surface area contributed by atoms with Gasteiger partial charge >= 0.3 is 5.91 Å². The van der Waals surface area contributed by atoms with Crippen LogP contribution in [0.1, 0.15) is 49.1 Å². The van der Waals surface area contributed by atoms with Crippen LogP contribution in [-0.2, 0) is 9.59 Å². The number of Topliss-reactive ketones (excluding diaryl/α,β-unsaturated/α-hetero) is 1. The third kappa shape index (κ3) is 4.95. The number of nitrogens with zero attached hydrogens (tertiary/aromatic N) is 2. The zero-order valence-electron chi connectivity index (χ0n) is 20.3. The number of ketones is 1. The molecular weight excluding hydrogens is 484 g/mol. The van der Waals surface area contributed by atoms with Crippen LogP contribution < -0.4 is 14.4 Å². The summed E-state index contributed by atoms with van der Waals surface area (Å²) < 4.78 is 16.6. The van der Waals surface area contributed by atoms with Crippen LogP contribution in [0.4, 0.5) is 5.82 Å². The molecule has 0 aliphatic carbocycles. The number of methoxy groups -OCH3 is 1. The van der Waals surface area contributed by atoms with Crippen LogP contribution in [0.15, 0.2) is 58.6 Å². The monoisotopic (exact) mass is 510 g/mol. The van der Waals surface area contributed by atoms with Gasteiger partial charge in [0.1, 0.15) is 11.5 Å². The molecule has 2 aromatic carbocycles. The van der Waals surface area contributed by atoms with Gasteiger partial charge in [-0.25, -0.2) is 0 Å². The molecule has 2 heterocycles. The average Bonchev–Trinajstić information content (AvgIpc) is 3.42. The first-order valence-corrected chi connectivity index (χ1v) is 12.0. The molecule has 1 aromatic heterocycles. The van der Waals surface area contributed by atoms with E-state index in [1.54, 1.807) is 55.5 Å². The molecule has 3 aromatic rings. The van der Waals surface area contributed by atoms with E-state index >= 15 is 0 Å². The smallest absolute Gasteiger partial charge is 0.301 e.